The predicted molar refractivity (Wildman–Crippen MR) is 112 cm³/mol. The molecule has 4 rings (SSSR count). The largest absolute Gasteiger partial charge is 0.477 e. The topological polar surface area (TPSA) is 81.7 Å². The van der Waals surface area contributed by atoms with Crippen molar-refractivity contribution in [2.75, 3.05) is 6.26 Å². The van der Waals surface area contributed by atoms with Crippen molar-refractivity contribution in [3.8, 4) is 0 Å². The van der Waals surface area contributed by atoms with E-state index in [1.807, 2.05) is 42.9 Å². The van der Waals surface area contributed by atoms with Gasteiger partial charge in [-0.1, -0.05) is 30.0 Å². The number of aliphatic hydroxyl groups excluding tert-OH is 1. The van der Waals surface area contributed by atoms with Crippen molar-refractivity contribution >= 4 is 40.3 Å². The van der Waals surface area contributed by atoms with Crippen molar-refractivity contribution in [2.24, 2.45) is 5.92 Å². The molecule has 1 aromatic carbocycles. The molecule has 0 unspecified atom stereocenters. The standard InChI is InChI=1S/C21H20N2O4S2/c1-12(24)16-19(25)23-17(21(26)27)18(29-20(16)23)14-5-3-4-13(10-14)11-22-8-6-15(28-2)7-9-22/h3-10,12,16,20,24H,11H2,1-2H3/p+1/t12-,16+,20-/m1/s1. The summed E-state index contributed by atoms with van der Waals surface area (Å²) in [5.74, 6) is -2.02. The number of aliphatic carboxylic acids is 1. The lowest BCUT2D eigenvalue weighted by atomic mass is 9.92. The Labute approximate surface area is 177 Å². The number of thioether (sulfide) groups is 2. The Bertz CT molecular complexity index is 1000. The van der Waals surface area contributed by atoms with E-state index in [4.69, 9.17) is 0 Å². The highest BCUT2D eigenvalue weighted by Gasteiger charge is 2.57. The zero-order valence-corrected chi connectivity index (χ0v) is 17.6. The van der Waals surface area contributed by atoms with E-state index in [0.717, 1.165) is 11.1 Å². The molecule has 0 spiro atoms. The van der Waals surface area contributed by atoms with E-state index in [2.05, 4.69) is 16.7 Å². The highest BCUT2D eigenvalue weighted by molar-refractivity contribution is 8.09. The van der Waals surface area contributed by atoms with Gasteiger partial charge in [0.1, 0.15) is 11.1 Å². The number of carbonyl (C=O) groups excluding carboxylic acids is 1. The third-order valence-electron chi connectivity index (χ3n) is 5.15. The number of nitrogens with zero attached hydrogens (tertiary/aromatic N) is 2. The van der Waals surface area contributed by atoms with E-state index in [0.29, 0.717) is 11.4 Å². The quantitative estimate of drug-likeness (QED) is 0.417. The van der Waals surface area contributed by atoms with Gasteiger partial charge in [-0.3, -0.25) is 9.69 Å². The van der Waals surface area contributed by atoms with Crippen LogP contribution in [0.15, 0.2) is 59.4 Å². The number of carboxylic acid groups (broad SMARTS) is 1. The summed E-state index contributed by atoms with van der Waals surface area (Å²) in [6, 6.07) is 11.8. The van der Waals surface area contributed by atoms with Crippen LogP contribution in [0.1, 0.15) is 18.1 Å². The monoisotopic (exact) mass is 429 g/mol. The van der Waals surface area contributed by atoms with Crippen LogP contribution in [0.2, 0.25) is 0 Å². The van der Waals surface area contributed by atoms with Crippen LogP contribution in [0.25, 0.3) is 4.91 Å². The van der Waals surface area contributed by atoms with Gasteiger partial charge < -0.3 is 10.2 Å². The Morgan fingerprint density at radius 1 is 1.31 bits per heavy atom. The van der Waals surface area contributed by atoms with Gasteiger partial charge in [-0.25, -0.2) is 9.36 Å². The van der Waals surface area contributed by atoms with E-state index < -0.39 is 18.0 Å². The van der Waals surface area contributed by atoms with Crippen LogP contribution in [-0.4, -0.2) is 44.7 Å². The van der Waals surface area contributed by atoms with Crippen molar-refractivity contribution in [1.29, 1.82) is 0 Å². The van der Waals surface area contributed by atoms with E-state index in [9.17, 15) is 19.8 Å². The molecule has 1 aromatic heterocycles. The first-order valence-electron chi connectivity index (χ1n) is 9.18. The molecule has 2 aromatic rings. The smallest absolute Gasteiger partial charge is 0.353 e. The van der Waals surface area contributed by atoms with Gasteiger partial charge in [0.25, 0.3) is 0 Å². The van der Waals surface area contributed by atoms with E-state index >= 15 is 0 Å². The molecule has 1 saturated heterocycles. The molecule has 2 aliphatic heterocycles. The maximum atomic E-state index is 12.4. The molecule has 3 atom stereocenters. The molecule has 0 bridgehead atoms. The minimum Gasteiger partial charge on any atom is -0.477 e. The molecule has 0 aliphatic carbocycles. The number of aromatic nitrogens is 1. The molecule has 6 nitrogen and oxygen atoms in total. The van der Waals surface area contributed by atoms with Crippen molar-refractivity contribution < 1.29 is 24.4 Å². The summed E-state index contributed by atoms with van der Waals surface area (Å²) in [6.07, 6.45) is 5.26. The van der Waals surface area contributed by atoms with Gasteiger partial charge >= 0.3 is 5.97 Å². The first kappa shape index (κ1) is 20.0. The number of carbonyl (C=O) groups is 2. The number of hydrogen-bond donors (Lipinski definition) is 2. The molecule has 1 amide bonds. The lowest BCUT2D eigenvalue weighted by molar-refractivity contribution is -0.688. The molecule has 8 heteroatoms. The van der Waals surface area contributed by atoms with Crippen LogP contribution in [0.5, 0.6) is 0 Å². The van der Waals surface area contributed by atoms with Crippen molar-refractivity contribution in [1.82, 2.24) is 4.90 Å². The molecular formula is C21H21N2O4S2+. The predicted octanol–water partition coefficient (Wildman–Crippen LogP) is 2.41. The average Bonchev–Trinajstić information content (AvgIpc) is 3.04. The summed E-state index contributed by atoms with van der Waals surface area (Å²) in [5, 5.41) is 19.3. The number of benzene rings is 1. The Morgan fingerprint density at radius 3 is 2.66 bits per heavy atom. The number of fused-ring (bicyclic) bond motifs is 1. The van der Waals surface area contributed by atoms with Gasteiger partial charge in [-0.15, -0.1) is 11.8 Å². The number of carboxylic acids is 1. The van der Waals surface area contributed by atoms with Crippen LogP contribution < -0.4 is 4.57 Å². The second kappa shape index (κ2) is 7.85. The van der Waals surface area contributed by atoms with Crippen molar-refractivity contribution in [3.05, 3.63) is 65.6 Å². The molecular weight excluding hydrogens is 408 g/mol. The van der Waals surface area contributed by atoms with E-state index in [-0.39, 0.29) is 17.0 Å². The summed E-state index contributed by atoms with van der Waals surface area (Å²) >= 11 is 3.03. The van der Waals surface area contributed by atoms with Crippen LogP contribution in [0.4, 0.5) is 0 Å². The number of aliphatic hydroxyl groups is 1. The minimum atomic E-state index is -1.13. The average molecular weight is 430 g/mol. The van der Waals surface area contributed by atoms with Gasteiger partial charge in [0, 0.05) is 27.5 Å². The highest BCUT2D eigenvalue weighted by atomic mass is 32.2. The number of pyridine rings is 1. The van der Waals surface area contributed by atoms with Gasteiger partial charge in [-0.05, 0) is 24.8 Å². The van der Waals surface area contributed by atoms with Gasteiger partial charge in [0.2, 0.25) is 5.91 Å². The van der Waals surface area contributed by atoms with Gasteiger partial charge in [0.05, 0.1) is 12.0 Å². The Hall–Kier alpha value is -2.29. The molecule has 1 fully saturated rings. The molecule has 2 aliphatic rings. The molecule has 0 saturated carbocycles. The summed E-state index contributed by atoms with van der Waals surface area (Å²) in [5.41, 5.74) is 1.82. The highest BCUT2D eigenvalue weighted by Crippen LogP contribution is 2.53. The first-order valence-corrected chi connectivity index (χ1v) is 11.3. The van der Waals surface area contributed by atoms with Crippen LogP contribution >= 0.6 is 23.5 Å². The lowest BCUT2D eigenvalue weighted by Crippen LogP contribution is -2.60. The molecule has 29 heavy (non-hydrogen) atoms. The lowest BCUT2D eigenvalue weighted by Gasteiger charge is -2.43. The third-order valence-corrected chi connectivity index (χ3v) is 7.31. The SMILES string of the molecule is CSc1cc[n+](Cc2cccc(C3=C(C(=O)O)N4C(=O)[C@H]([C@@H](C)O)[C@H]4S3)c2)cc1. The Morgan fingerprint density at radius 2 is 2.03 bits per heavy atom. The summed E-state index contributed by atoms with van der Waals surface area (Å²) in [7, 11) is 0. The normalized spacial score (nSPS) is 21.8. The molecule has 150 valence electrons. The third kappa shape index (κ3) is 3.56. The second-order valence-electron chi connectivity index (χ2n) is 7.08. The van der Waals surface area contributed by atoms with Crippen LogP contribution in [0, 0.1) is 5.92 Å². The van der Waals surface area contributed by atoms with Crippen molar-refractivity contribution in [2.45, 2.75) is 29.8 Å². The molecule has 3 heterocycles. The summed E-state index contributed by atoms with van der Waals surface area (Å²) in [4.78, 5) is 27.4. The fraction of sp³-hybridized carbons (Fsp3) is 0.286. The zero-order valence-electron chi connectivity index (χ0n) is 16.0. The number of β-lactam (4-membered cyclic amide) rings is 1. The Balaban J connectivity index is 1.63. The van der Waals surface area contributed by atoms with Crippen molar-refractivity contribution in [3.63, 3.8) is 0 Å². The molecule has 2 N–H and O–H groups in total. The van der Waals surface area contributed by atoms with E-state index in [1.54, 1.807) is 18.7 Å². The molecule has 0 radical (unpaired) electrons. The first-order chi connectivity index (χ1) is 13.9. The zero-order chi connectivity index (χ0) is 20.7. The summed E-state index contributed by atoms with van der Waals surface area (Å²) in [6.45, 7) is 2.23. The summed E-state index contributed by atoms with van der Waals surface area (Å²) < 4.78 is 2.06. The number of hydrogen-bond acceptors (Lipinski definition) is 5. The van der Waals surface area contributed by atoms with Gasteiger partial charge in [-0.2, -0.15) is 0 Å². The Kier molecular flexibility index (Phi) is 5.42. The van der Waals surface area contributed by atoms with Crippen LogP contribution in [-0.2, 0) is 16.1 Å². The number of rotatable bonds is 6. The van der Waals surface area contributed by atoms with Crippen LogP contribution in [0.3, 0.4) is 0 Å². The minimum absolute atomic E-state index is 0.0102. The fourth-order valence-electron chi connectivity index (χ4n) is 3.69. The fourth-order valence-corrected chi connectivity index (χ4v) is 5.69. The maximum absolute atomic E-state index is 12.4. The number of amides is 1. The van der Waals surface area contributed by atoms with Gasteiger partial charge in [0.15, 0.2) is 18.9 Å². The second-order valence-corrected chi connectivity index (χ2v) is 9.08. The maximum Gasteiger partial charge on any atom is 0.353 e. The van der Waals surface area contributed by atoms with E-state index in [1.165, 1.54) is 21.6 Å².